The van der Waals surface area contributed by atoms with Gasteiger partial charge in [0.15, 0.2) is 0 Å². The lowest BCUT2D eigenvalue weighted by atomic mass is 9.94. The molecule has 128 valence electrons. The van der Waals surface area contributed by atoms with E-state index < -0.39 is 0 Å². The second kappa shape index (κ2) is 6.15. The zero-order valence-corrected chi connectivity index (χ0v) is 14.3. The molecule has 3 aliphatic heterocycles. The Kier molecular flexibility index (Phi) is 3.67. The quantitative estimate of drug-likeness (QED) is 0.800. The van der Waals surface area contributed by atoms with Gasteiger partial charge in [0.2, 0.25) is 5.95 Å². The molecule has 1 aromatic carbocycles. The number of hydrogen-bond donors (Lipinski definition) is 1. The van der Waals surface area contributed by atoms with Crippen molar-refractivity contribution in [2.24, 2.45) is 5.92 Å². The van der Waals surface area contributed by atoms with Crippen molar-refractivity contribution < 1.29 is 0 Å². The number of anilines is 1. The average Bonchev–Trinajstić information content (AvgIpc) is 2.93. The van der Waals surface area contributed by atoms with Gasteiger partial charge >= 0.3 is 0 Å². The number of aromatic nitrogens is 3. The van der Waals surface area contributed by atoms with Crippen LogP contribution in [-0.2, 0) is 6.54 Å². The molecular weight excluding hydrogens is 310 g/mol. The Morgan fingerprint density at radius 2 is 1.96 bits per heavy atom. The molecule has 1 N–H and O–H groups in total. The smallest absolute Gasteiger partial charge is 0.225 e. The summed E-state index contributed by atoms with van der Waals surface area (Å²) < 4.78 is 0. The molecule has 0 radical (unpaired) electrons. The van der Waals surface area contributed by atoms with Crippen molar-refractivity contribution in [3.05, 3.63) is 54.5 Å². The number of fused-ring (bicyclic) bond motifs is 5. The Hall–Kier alpha value is -2.40. The third-order valence-corrected chi connectivity index (χ3v) is 5.67. The summed E-state index contributed by atoms with van der Waals surface area (Å²) in [7, 11) is 0. The Bertz CT molecular complexity index is 859. The maximum atomic E-state index is 4.47. The van der Waals surface area contributed by atoms with Gasteiger partial charge in [-0.15, -0.1) is 0 Å². The molecular formula is C20H23N5. The Labute approximate surface area is 147 Å². The molecule has 5 nitrogen and oxygen atoms in total. The van der Waals surface area contributed by atoms with Gasteiger partial charge in [-0.1, -0.05) is 6.07 Å². The molecule has 2 bridgehead atoms. The standard InChI is InChI=1S/C20H23N5/c1-7-22-20(23-8-1)25-13-16-2-4-18(14-25)24(12-16)11-15-3-5-19-17(10-15)6-9-21-19/h1,3,5-10,16,18,21H,2,4,11-14H2/t16-,18-/m1/s1. The van der Waals surface area contributed by atoms with Crippen molar-refractivity contribution in [3.63, 3.8) is 0 Å². The van der Waals surface area contributed by atoms with Gasteiger partial charge in [-0.2, -0.15) is 0 Å². The molecule has 5 heterocycles. The maximum absolute atomic E-state index is 4.47. The average molecular weight is 333 g/mol. The number of hydrogen-bond acceptors (Lipinski definition) is 4. The summed E-state index contributed by atoms with van der Waals surface area (Å²) in [6.07, 6.45) is 8.31. The summed E-state index contributed by atoms with van der Waals surface area (Å²) in [6.45, 7) is 4.33. The molecule has 2 atom stereocenters. The van der Waals surface area contributed by atoms with Crippen molar-refractivity contribution in [1.82, 2.24) is 19.9 Å². The maximum Gasteiger partial charge on any atom is 0.225 e. The summed E-state index contributed by atoms with van der Waals surface area (Å²) in [6, 6.07) is 11.4. The molecule has 25 heavy (non-hydrogen) atoms. The number of H-pyrrole nitrogens is 1. The van der Waals surface area contributed by atoms with Crippen LogP contribution in [0.25, 0.3) is 10.9 Å². The van der Waals surface area contributed by atoms with Crippen molar-refractivity contribution in [3.8, 4) is 0 Å². The predicted molar refractivity (Wildman–Crippen MR) is 99.5 cm³/mol. The molecule has 0 aliphatic carbocycles. The van der Waals surface area contributed by atoms with E-state index in [4.69, 9.17) is 0 Å². The summed E-state index contributed by atoms with van der Waals surface area (Å²) in [5.41, 5.74) is 2.62. The number of benzene rings is 1. The van der Waals surface area contributed by atoms with Gasteiger partial charge < -0.3 is 9.88 Å². The van der Waals surface area contributed by atoms with E-state index >= 15 is 0 Å². The molecule has 0 saturated carbocycles. The van der Waals surface area contributed by atoms with E-state index in [0.717, 1.165) is 25.6 Å². The van der Waals surface area contributed by atoms with Crippen molar-refractivity contribution in [2.45, 2.75) is 25.4 Å². The minimum atomic E-state index is 0.587. The van der Waals surface area contributed by atoms with E-state index in [0.29, 0.717) is 12.0 Å². The molecule has 5 heteroatoms. The molecule has 6 rings (SSSR count). The molecule has 3 aliphatic rings. The van der Waals surface area contributed by atoms with Crippen LogP contribution >= 0.6 is 0 Å². The van der Waals surface area contributed by atoms with E-state index in [1.807, 2.05) is 24.7 Å². The van der Waals surface area contributed by atoms with Crippen LogP contribution in [0.4, 0.5) is 5.95 Å². The Morgan fingerprint density at radius 1 is 1.04 bits per heavy atom. The first-order valence-electron chi connectivity index (χ1n) is 9.17. The lowest BCUT2D eigenvalue weighted by molar-refractivity contribution is 0.126. The monoisotopic (exact) mass is 333 g/mol. The minimum Gasteiger partial charge on any atom is -0.361 e. The lowest BCUT2D eigenvalue weighted by Crippen LogP contribution is -2.43. The molecule has 3 fully saturated rings. The minimum absolute atomic E-state index is 0.587. The summed E-state index contributed by atoms with van der Waals surface area (Å²) >= 11 is 0. The largest absolute Gasteiger partial charge is 0.361 e. The first kappa shape index (κ1) is 14.9. The fourth-order valence-electron chi connectivity index (χ4n) is 4.43. The van der Waals surface area contributed by atoms with E-state index in [1.54, 1.807) is 0 Å². The van der Waals surface area contributed by atoms with Crippen molar-refractivity contribution >= 4 is 16.9 Å². The SMILES string of the molecule is c1cnc(N2C[C@@H]3CC[C@H](C2)N(Cc2ccc4[nH]ccc4c2)C3)nc1. The Balaban J connectivity index is 1.36. The third-order valence-electron chi connectivity index (χ3n) is 5.67. The second-order valence-electron chi connectivity index (χ2n) is 7.38. The summed E-state index contributed by atoms with van der Waals surface area (Å²) in [5, 5.41) is 1.30. The molecule has 0 spiro atoms. The number of nitrogens with zero attached hydrogens (tertiary/aromatic N) is 4. The van der Waals surface area contributed by atoms with Crippen LogP contribution in [0.3, 0.4) is 0 Å². The van der Waals surface area contributed by atoms with Crippen LogP contribution in [0.15, 0.2) is 48.9 Å². The van der Waals surface area contributed by atoms with Gasteiger partial charge in [-0.3, -0.25) is 4.90 Å². The molecule has 0 amide bonds. The van der Waals surface area contributed by atoms with E-state index in [2.05, 4.69) is 49.0 Å². The second-order valence-corrected chi connectivity index (χ2v) is 7.38. The predicted octanol–water partition coefficient (Wildman–Crippen LogP) is 3.06. The highest BCUT2D eigenvalue weighted by atomic mass is 15.3. The summed E-state index contributed by atoms with van der Waals surface area (Å²) in [4.78, 5) is 17.3. The van der Waals surface area contributed by atoms with Crippen LogP contribution in [0.5, 0.6) is 0 Å². The first-order valence-corrected chi connectivity index (χ1v) is 9.17. The fraction of sp³-hybridized carbons (Fsp3) is 0.400. The molecule has 2 aromatic heterocycles. The lowest BCUT2D eigenvalue weighted by Gasteiger charge is -2.36. The number of rotatable bonds is 3. The highest BCUT2D eigenvalue weighted by Crippen LogP contribution is 2.30. The fourth-order valence-corrected chi connectivity index (χ4v) is 4.43. The zero-order valence-electron chi connectivity index (χ0n) is 14.3. The number of aromatic amines is 1. The zero-order chi connectivity index (χ0) is 16.6. The van der Waals surface area contributed by atoms with Crippen molar-refractivity contribution in [2.75, 3.05) is 24.5 Å². The van der Waals surface area contributed by atoms with Crippen LogP contribution in [0.2, 0.25) is 0 Å². The van der Waals surface area contributed by atoms with Gasteiger partial charge in [0.05, 0.1) is 0 Å². The number of piperidine rings is 1. The third kappa shape index (κ3) is 2.89. The normalized spacial score (nSPS) is 23.9. The van der Waals surface area contributed by atoms with E-state index in [-0.39, 0.29) is 0 Å². The molecule has 3 saturated heterocycles. The topological polar surface area (TPSA) is 48.1 Å². The molecule has 0 unspecified atom stereocenters. The van der Waals surface area contributed by atoms with Gasteiger partial charge in [-0.25, -0.2) is 9.97 Å². The van der Waals surface area contributed by atoms with Gasteiger partial charge in [-0.05, 0) is 54.0 Å². The highest BCUT2D eigenvalue weighted by Gasteiger charge is 2.35. The van der Waals surface area contributed by atoms with Crippen LogP contribution < -0.4 is 4.90 Å². The van der Waals surface area contributed by atoms with Gasteiger partial charge in [0.1, 0.15) is 0 Å². The van der Waals surface area contributed by atoms with E-state index in [9.17, 15) is 0 Å². The first-order chi connectivity index (χ1) is 12.3. The van der Waals surface area contributed by atoms with Crippen LogP contribution in [0, 0.1) is 5.92 Å². The van der Waals surface area contributed by atoms with Crippen LogP contribution in [0.1, 0.15) is 18.4 Å². The molecule has 3 aromatic rings. The summed E-state index contributed by atoms with van der Waals surface area (Å²) in [5.74, 6) is 1.59. The Morgan fingerprint density at radius 3 is 2.88 bits per heavy atom. The number of nitrogens with one attached hydrogen (secondary N) is 1. The highest BCUT2D eigenvalue weighted by molar-refractivity contribution is 5.79. The van der Waals surface area contributed by atoms with Crippen molar-refractivity contribution in [1.29, 1.82) is 0 Å². The van der Waals surface area contributed by atoms with Gasteiger partial charge in [0, 0.05) is 56.3 Å². The van der Waals surface area contributed by atoms with Crippen LogP contribution in [-0.4, -0.2) is 45.5 Å². The van der Waals surface area contributed by atoms with E-state index in [1.165, 1.54) is 35.9 Å². The van der Waals surface area contributed by atoms with Gasteiger partial charge in [0.25, 0.3) is 0 Å².